The Balaban J connectivity index is 1.76. The van der Waals surface area contributed by atoms with Crippen molar-refractivity contribution in [3.05, 3.63) is 107 Å². The van der Waals surface area contributed by atoms with E-state index in [1.165, 1.54) is 11.1 Å². The molecule has 0 aliphatic carbocycles. The van der Waals surface area contributed by atoms with Crippen LogP contribution in [0.1, 0.15) is 35.6 Å². The van der Waals surface area contributed by atoms with Gasteiger partial charge in [0.1, 0.15) is 6.04 Å². The molecule has 0 aromatic heterocycles. The average molecular weight is 475 g/mol. The number of nitrogens with one attached hydrogen (secondary N) is 1. The second kappa shape index (κ2) is 13.6. The number of carbonyl (C=O) groups is 2. The number of benzene rings is 3. The Morgan fingerprint density at radius 3 is 2.09 bits per heavy atom. The van der Waals surface area contributed by atoms with Crippen molar-refractivity contribution in [2.75, 3.05) is 12.3 Å². The fourth-order valence-corrected chi connectivity index (χ4v) is 4.69. The summed E-state index contributed by atoms with van der Waals surface area (Å²) in [5, 5.41) is 2.95. The molecule has 5 heteroatoms. The third-order valence-corrected chi connectivity index (χ3v) is 6.70. The van der Waals surface area contributed by atoms with Crippen molar-refractivity contribution in [2.24, 2.45) is 0 Å². The second-order valence-electron chi connectivity index (χ2n) is 8.40. The molecule has 2 amide bonds. The SMILES string of the molecule is CCNC(=O)[C@H](Cc1ccccc1)N(Cc1ccc(C)cc1)C(=O)CCSCc1ccccc1. The zero-order valence-corrected chi connectivity index (χ0v) is 20.9. The zero-order valence-electron chi connectivity index (χ0n) is 20.1. The van der Waals surface area contributed by atoms with Crippen LogP contribution in [-0.2, 0) is 28.3 Å². The standard InChI is InChI=1S/C29H34N2O2S/c1-3-30-29(33)27(20-24-10-6-4-7-11-24)31(21-25-16-14-23(2)15-17-25)28(32)18-19-34-22-26-12-8-5-9-13-26/h4-17,27H,3,18-22H2,1-2H3,(H,30,33)/t27-/m0/s1. The molecule has 34 heavy (non-hydrogen) atoms. The van der Waals surface area contributed by atoms with Gasteiger partial charge in [0.2, 0.25) is 11.8 Å². The lowest BCUT2D eigenvalue weighted by Gasteiger charge is -2.31. The van der Waals surface area contributed by atoms with Crippen LogP contribution >= 0.6 is 11.8 Å². The minimum atomic E-state index is -0.560. The first-order valence-corrected chi connectivity index (χ1v) is 13.0. The molecule has 3 aromatic rings. The number of nitrogens with zero attached hydrogens (tertiary/aromatic N) is 1. The molecule has 0 heterocycles. The predicted octanol–water partition coefficient (Wildman–Crippen LogP) is 5.39. The quantitative estimate of drug-likeness (QED) is 0.358. The predicted molar refractivity (Wildman–Crippen MR) is 142 cm³/mol. The highest BCUT2D eigenvalue weighted by Gasteiger charge is 2.29. The van der Waals surface area contributed by atoms with Crippen LogP contribution in [-0.4, -0.2) is 35.1 Å². The van der Waals surface area contributed by atoms with E-state index in [9.17, 15) is 9.59 Å². The molecule has 178 valence electrons. The lowest BCUT2D eigenvalue weighted by atomic mass is 10.0. The van der Waals surface area contributed by atoms with Gasteiger partial charge in [-0.25, -0.2) is 0 Å². The Bertz CT molecular complexity index is 1020. The number of rotatable bonds is 12. The van der Waals surface area contributed by atoms with Gasteiger partial charge in [-0.3, -0.25) is 9.59 Å². The van der Waals surface area contributed by atoms with Crippen molar-refractivity contribution in [1.82, 2.24) is 10.2 Å². The third-order valence-electron chi connectivity index (χ3n) is 5.67. The van der Waals surface area contributed by atoms with Gasteiger partial charge in [0.15, 0.2) is 0 Å². The highest BCUT2D eigenvalue weighted by molar-refractivity contribution is 7.98. The van der Waals surface area contributed by atoms with Crippen molar-refractivity contribution in [1.29, 1.82) is 0 Å². The maximum atomic E-state index is 13.5. The van der Waals surface area contributed by atoms with E-state index in [0.717, 1.165) is 16.9 Å². The molecule has 0 radical (unpaired) electrons. The largest absolute Gasteiger partial charge is 0.355 e. The summed E-state index contributed by atoms with van der Waals surface area (Å²) in [6.07, 6.45) is 0.884. The number of aryl methyl sites for hydroxylation is 1. The first-order chi connectivity index (χ1) is 16.6. The summed E-state index contributed by atoms with van der Waals surface area (Å²) >= 11 is 1.75. The van der Waals surface area contributed by atoms with Crippen LogP contribution < -0.4 is 5.32 Å². The highest BCUT2D eigenvalue weighted by atomic mass is 32.2. The van der Waals surface area contributed by atoms with Gasteiger partial charge in [-0.1, -0.05) is 90.5 Å². The van der Waals surface area contributed by atoms with E-state index in [1.54, 1.807) is 16.7 Å². The number of thioether (sulfide) groups is 1. The van der Waals surface area contributed by atoms with Crippen LogP contribution in [0.4, 0.5) is 0 Å². The molecule has 3 aromatic carbocycles. The van der Waals surface area contributed by atoms with Crippen molar-refractivity contribution < 1.29 is 9.59 Å². The molecule has 3 rings (SSSR count). The summed E-state index contributed by atoms with van der Waals surface area (Å²) in [6.45, 7) is 4.90. The van der Waals surface area contributed by atoms with Crippen molar-refractivity contribution in [3.8, 4) is 0 Å². The fourth-order valence-electron chi connectivity index (χ4n) is 3.80. The van der Waals surface area contributed by atoms with Crippen LogP contribution in [0.25, 0.3) is 0 Å². The minimum Gasteiger partial charge on any atom is -0.355 e. The summed E-state index contributed by atoms with van der Waals surface area (Å²) < 4.78 is 0. The molecule has 0 bridgehead atoms. The summed E-state index contributed by atoms with van der Waals surface area (Å²) in [7, 11) is 0. The Morgan fingerprint density at radius 1 is 0.853 bits per heavy atom. The van der Waals surface area contributed by atoms with Gasteiger partial charge in [0.25, 0.3) is 0 Å². The van der Waals surface area contributed by atoms with E-state index in [1.807, 2.05) is 86.6 Å². The lowest BCUT2D eigenvalue weighted by Crippen LogP contribution is -2.50. The van der Waals surface area contributed by atoms with E-state index in [4.69, 9.17) is 0 Å². The molecule has 0 spiro atoms. The van der Waals surface area contributed by atoms with Crippen LogP contribution in [0.5, 0.6) is 0 Å². The normalized spacial score (nSPS) is 11.6. The zero-order chi connectivity index (χ0) is 24.2. The molecule has 1 atom stereocenters. The van der Waals surface area contributed by atoms with Gasteiger partial charge in [0, 0.05) is 37.4 Å². The summed E-state index contributed by atoms with van der Waals surface area (Å²) in [6, 6.07) is 27.8. The number of amides is 2. The van der Waals surface area contributed by atoms with Gasteiger partial charge in [-0.05, 0) is 30.5 Å². The van der Waals surface area contributed by atoms with Gasteiger partial charge in [-0.15, -0.1) is 0 Å². The Hall–Kier alpha value is -3.05. The maximum absolute atomic E-state index is 13.5. The van der Waals surface area contributed by atoms with Gasteiger partial charge >= 0.3 is 0 Å². The molecule has 0 saturated carbocycles. The van der Waals surface area contributed by atoms with Crippen LogP contribution in [0, 0.1) is 6.92 Å². The van der Waals surface area contributed by atoms with Crippen LogP contribution in [0.15, 0.2) is 84.9 Å². The van der Waals surface area contributed by atoms with Crippen LogP contribution in [0.3, 0.4) is 0 Å². The number of hydrogen-bond acceptors (Lipinski definition) is 3. The van der Waals surface area contributed by atoms with Crippen LogP contribution in [0.2, 0.25) is 0 Å². The average Bonchev–Trinajstić information content (AvgIpc) is 2.86. The smallest absolute Gasteiger partial charge is 0.243 e. The Kier molecular flexibility index (Phi) is 10.2. The molecule has 4 nitrogen and oxygen atoms in total. The summed E-state index contributed by atoms with van der Waals surface area (Å²) in [4.78, 5) is 28.4. The number of likely N-dealkylation sites (N-methyl/N-ethyl adjacent to an activating group) is 1. The molecule has 0 aliphatic rings. The summed E-state index contributed by atoms with van der Waals surface area (Å²) in [5.41, 5.74) is 4.49. The van der Waals surface area contributed by atoms with E-state index < -0.39 is 6.04 Å². The molecule has 0 saturated heterocycles. The van der Waals surface area contributed by atoms with Crippen molar-refractivity contribution in [3.63, 3.8) is 0 Å². The van der Waals surface area contributed by atoms with Gasteiger partial charge < -0.3 is 10.2 Å². The topological polar surface area (TPSA) is 49.4 Å². The molecular formula is C29H34N2O2S. The van der Waals surface area contributed by atoms with E-state index in [0.29, 0.717) is 31.7 Å². The van der Waals surface area contributed by atoms with E-state index >= 15 is 0 Å². The van der Waals surface area contributed by atoms with Crippen molar-refractivity contribution in [2.45, 2.75) is 45.0 Å². The van der Waals surface area contributed by atoms with Gasteiger partial charge in [0.05, 0.1) is 0 Å². The number of hydrogen-bond donors (Lipinski definition) is 1. The molecule has 0 aliphatic heterocycles. The monoisotopic (exact) mass is 474 g/mol. The Morgan fingerprint density at radius 2 is 1.47 bits per heavy atom. The van der Waals surface area contributed by atoms with Gasteiger partial charge in [-0.2, -0.15) is 11.8 Å². The molecular weight excluding hydrogens is 440 g/mol. The summed E-state index contributed by atoms with van der Waals surface area (Å²) in [5.74, 6) is 1.48. The first kappa shape index (κ1) is 25.6. The highest BCUT2D eigenvalue weighted by Crippen LogP contribution is 2.18. The first-order valence-electron chi connectivity index (χ1n) is 11.8. The molecule has 1 N–H and O–H groups in total. The minimum absolute atomic E-state index is 0.00770. The maximum Gasteiger partial charge on any atom is 0.243 e. The third kappa shape index (κ3) is 8.07. The van der Waals surface area contributed by atoms with E-state index in [-0.39, 0.29) is 11.8 Å². The second-order valence-corrected chi connectivity index (χ2v) is 9.50. The lowest BCUT2D eigenvalue weighted by molar-refractivity contribution is -0.140. The number of carbonyl (C=O) groups excluding carboxylic acids is 2. The van der Waals surface area contributed by atoms with E-state index in [2.05, 4.69) is 17.4 Å². The Labute approximate surface area is 207 Å². The molecule has 0 fully saturated rings. The van der Waals surface area contributed by atoms with Crippen molar-refractivity contribution >= 4 is 23.6 Å². The fraction of sp³-hybridized carbons (Fsp3) is 0.310. The molecule has 0 unspecified atom stereocenters.